The van der Waals surface area contributed by atoms with E-state index in [1.807, 2.05) is 24.0 Å². The van der Waals surface area contributed by atoms with Crippen LogP contribution >= 0.6 is 11.3 Å². The number of hydrogen-bond acceptors (Lipinski definition) is 4. The van der Waals surface area contributed by atoms with Crippen molar-refractivity contribution in [3.05, 3.63) is 58.1 Å². The summed E-state index contributed by atoms with van der Waals surface area (Å²) in [5.41, 5.74) is 6.69. The van der Waals surface area contributed by atoms with Gasteiger partial charge in [0.05, 0.1) is 10.2 Å². The number of benzene rings is 2. The average molecular weight is 380 g/mol. The van der Waals surface area contributed by atoms with Crippen molar-refractivity contribution in [1.29, 1.82) is 0 Å². The highest BCUT2D eigenvalue weighted by atomic mass is 32.1. The minimum Gasteiger partial charge on any atom is -0.345 e. The lowest BCUT2D eigenvalue weighted by Crippen LogP contribution is -2.48. The molecule has 0 aliphatic carbocycles. The predicted molar refractivity (Wildman–Crippen MR) is 113 cm³/mol. The van der Waals surface area contributed by atoms with Crippen LogP contribution in [0.3, 0.4) is 0 Å². The third-order valence-corrected chi connectivity index (χ3v) is 6.53. The van der Waals surface area contributed by atoms with E-state index in [2.05, 4.69) is 43.9 Å². The second-order valence-electron chi connectivity index (χ2n) is 7.52. The average Bonchev–Trinajstić information content (AvgIpc) is 3.06. The minimum atomic E-state index is 0.142. The number of anilines is 1. The van der Waals surface area contributed by atoms with E-state index in [1.54, 1.807) is 11.3 Å². The van der Waals surface area contributed by atoms with Gasteiger partial charge in [-0.05, 0) is 56.5 Å². The Kier molecular flexibility index (Phi) is 4.64. The second-order valence-corrected chi connectivity index (χ2v) is 8.50. The summed E-state index contributed by atoms with van der Waals surface area (Å²) in [4.78, 5) is 22.0. The number of carbonyl (C=O) groups is 1. The van der Waals surface area contributed by atoms with Gasteiger partial charge in [-0.2, -0.15) is 0 Å². The van der Waals surface area contributed by atoms with E-state index in [9.17, 15) is 4.79 Å². The first-order valence-corrected chi connectivity index (χ1v) is 10.2. The van der Waals surface area contributed by atoms with Gasteiger partial charge in [-0.3, -0.25) is 4.79 Å². The second kappa shape index (κ2) is 6.97. The van der Waals surface area contributed by atoms with Crippen LogP contribution in [0.15, 0.2) is 30.3 Å². The fraction of sp³-hybridized carbons (Fsp3) is 0.364. The molecule has 1 aliphatic rings. The van der Waals surface area contributed by atoms with E-state index in [0.29, 0.717) is 0 Å². The van der Waals surface area contributed by atoms with E-state index >= 15 is 0 Å². The van der Waals surface area contributed by atoms with Crippen LogP contribution in [0.4, 0.5) is 5.13 Å². The number of hydrogen-bond donors (Lipinski definition) is 0. The van der Waals surface area contributed by atoms with Gasteiger partial charge in [-0.1, -0.05) is 35.1 Å². The maximum Gasteiger partial charge on any atom is 0.254 e. The number of nitrogens with zero attached hydrogens (tertiary/aromatic N) is 3. The van der Waals surface area contributed by atoms with Gasteiger partial charge < -0.3 is 9.80 Å². The maximum atomic E-state index is 12.9. The molecule has 3 aromatic rings. The largest absolute Gasteiger partial charge is 0.345 e. The summed E-state index contributed by atoms with van der Waals surface area (Å²) in [7, 11) is 0. The molecule has 27 heavy (non-hydrogen) atoms. The molecule has 1 fully saturated rings. The molecule has 1 amide bonds. The zero-order chi connectivity index (χ0) is 19.1. The van der Waals surface area contributed by atoms with Crippen LogP contribution in [-0.4, -0.2) is 42.0 Å². The molecule has 1 saturated heterocycles. The number of fused-ring (bicyclic) bond motifs is 1. The molecule has 0 saturated carbocycles. The van der Waals surface area contributed by atoms with Crippen molar-refractivity contribution in [2.75, 3.05) is 31.1 Å². The molecule has 4 rings (SSSR count). The molecule has 0 bridgehead atoms. The van der Waals surface area contributed by atoms with Crippen molar-refractivity contribution in [2.45, 2.75) is 27.7 Å². The summed E-state index contributed by atoms with van der Waals surface area (Å²) in [5.74, 6) is 0.142. The molecule has 5 heteroatoms. The first kappa shape index (κ1) is 18.0. The smallest absolute Gasteiger partial charge is 0.254 e. The monoisotopic (exact) mass is 379 g/mol. The van der Waals surface area contributed by atoms with Gasteiger partial charge in [0.1, 0.15) is 0 Å². The van der Waals surface area contributed by atoms with Gasteiger partial charge in [0.15, 0.2) is 5.13 Å². The molecule has 2 heterocycles. The number of thiazole rings is 1. The summed E-state index contributed by atoms with van der Waals surface area (Å²) >= 11 is 1.76. The highest BCUT2D eigenvalue weighted by molar-refractivity contribution is 7.22. The number of aryl methyl sites for hydroxylation is 4. The van der Waals surface area contributed by atoms with Gasteiger partial charge >= 0.3 is 0 Å². The molecule has 0 atom stereocenters. The zero-order valence-electron chi connectivity index (χ0n) is 16.4. The van der Waals surface area contributed by atoms with Gasteiger partial charge in [-0.25, -0.2) is 4.98 Å². The molecule has 0 unspecified atom stereocenters. The first-order chi connectivity index (χ1) is 12.9. The standard InChI is InChI=1S/C22H25N3OS/c1-14-5-6-18(16(3)11-14)21(26)24-7-9-25(10-8-24)22-23-19-13-15(2)12-17(4)20(19)27-22/h5-6,11-13H,7-10H2,1-4H3. The highest BCUT2D eigenvalue weighted by Gasteiger charge is 2.25. The Labute approximate surface area is 164 Å². The van der Waals surface area contributed by atoms with Crippen LogP contribution in [0.2, 0.25) is 0 Å². The van der Waals surface area contributed by atoms with Crippen molar-refractivity contribution in [3.63, 3.8) is 0 Å². The quantitative estimate of drug-likeness (QED) is 0.658. The SMILES string of the molecule is Cc1ccc(C(=O)N2CCN(c3nc4cc(C)cc(C)c4s3)CC2)c(C)c1. The highest BCUT2D eigenvalue weighted by Crippen LogP contribution is 2.32. The van der Waals surface area contributed by atoms with Crippen LogP contribution in [0.25, 0.3) is 10.2 Å². The Hall–Kier alpha value is -2.40. The number of aromatic nitrogens is 1. The van der Waals surface area contributed by atoms with E-state index in [-0.39, 0.29) is 5.91 Å². The predicted octanol–water partition coefficient (Wildman–Crippen LogP) is 4.49. The Morgan fingerprint density at radius 2 is 1.63 bits per heavy atom. The fourth-order valence-electron chi connectivity index (χ4n) is 3.82. The molecule has 0 spiro atoms. The fourth-order valence-corrected chi connectivity index (χ4v) is 4.89. The lowest BCUT2D eigenvalue weighted by atomic mass is 10.0. The molecular formula is C22H25N3OS. The van der Waals surface area contributed by atoms with Gasteiger partial charge in [0, 0.05) is 31.7 Å². The minimum absolute atomic E-state index is 0.142. The van der Waals surface area contributed by atoms with Crippen molar-refractivity contribution in [3.8, 4) is 0 Å². The summed E-state index contributed by atoms with van der Waals surface area (Å²) in [6.07, 6.45) is 0. The van der Waals surface area contributed by atoms with Crippen LogP contribution in [0.5, 0.6) is 0 Å². The van der Waals surface area contributed by atoms with Crippen LogP contribution in [0.1, 0.15) is 32.6 Å². The van der Waals surface area contributed by atoms with Gasteiger partial charge in [0.2, 0.25) is 0 Å². The van der Waals surface area contributed by atoms with Crippen molar-refractivity contribution < 1.29 is 4.79 Å². The van der Waals surface area contributed by atoms with Gasteiger partial charge in [-0.15, -0.1) is 0 Å². The normalized spacial score (nSPS) is 14.8. The summed E-state index contributed by atoms with van der Waals surface area (Å²) in [6.45, 7) is 11.5. The van der Waals surface area contributed by atoms with E-state index < -0.39 is 0 Å². The Morgan fingerprint density at radius 1 is 0.926 bits per heavy atom. The topological polar surface area (TPSA) is 36.4 Å². The lowest BCUT2D eigenvalue weighted by molar-refractivity contribution is 0.0746. The molecule has 1 aliphatic heterocycles. The van der Waals surface area contributed by atoms with E-state index in [4.69, 9.17) is 4.98 Å². The molecule has 1 aromatic heterocycles. The van der Waals surface area contributed by atoms with Crippen molar-refractivity contribution >= 4 is 32.6 Å². The lowest BCUT2D eigenvalue weighted by Gasteiger charge is -2.34. The summed E-state index contributed by atoms with van der Waals surface area (Å²) < 4.78 is 1.27. The van der Waals surface area contributed by atoms with Gasteiger partial charge in [0.25, 0.3) is 5.91 Å². The van der Waals surface area contributed by atoms with Crippen LogP contribution in [-0.2, 0) is 0 Å². The number of carbonyl (C=O) groups excluding carboxylic acids is 1. The zero-order valence-corrected chi connectivity index (χ0v) is 17.2. The van der Waals surface area contributed by atoms with E-state index in [0.717, 1.165) is 48.0 Å². The Balaban J connectivity index is 1.49. The Bertz CT molecular complexity index is 1020. The van der Waals surface area contributed by atoms with Crippen molar-refractivity contribution in [2.24, 2.45) is 0 Å². The molecule has 2 aromatic carbocycles. The first-order valence-electron chi connectivity index (χ1n) is 9.41. The summed E-state index contributed by atoms with van der Waals surface area (Å²) in [6, 6.07) is 10.4. The third-order valence-electron chi connectivity index (χ3n) is 5.26. The van der Waals surface area contributed by atoms with Crippen molar-refractivity contribution in [1.82, 2.24) is 9.88 Å². The maximum absolute atomic E-state index is 12.9. The molecule has 0 radical (unpaired) electrons. The molecule has 140 valence electrons. The Morgan fingerprint density at radius 3 is 2.33 bits per heavy atom. The van der Waals surface area contributed by atoms with Crippen LogP contribution in [0, 0.1) is 27.7 Å². The van der Waals surface area contributed by atoms with E-state index in [1.165, 1.54) is 21.4 Å². The number of piperazine rings is 1. The summed E-state index contributed by atoms with van der Waals surface area (Å²) in [5, 5.41) is 1.07. The molecular weight excluding hydrogens is 354 g/mol. The third kappa shape index (κ3) is 3.44. The number of rotatable bonds is 2. The molecule has 4 nitrogen and oxygen atoms in total. The van der Waals surface area contributed by atoms with Crippen LogP contribution < -0.4 is 4.90 Å². The molecule has 0 N–H and O–H groups in total. The number of amides is 1.